The zero-order valence-electron chi connectivity index (χ0n) is 12.7. The predicted octanol–water partition coefficient (Wildman–Crippen LogP) is 4.06. The molecule has 1 saturated carbocycles. The van der Waals surface area contributed by atoms with E-state index in [1.807, 2.05) is 6.07 Å². The molecule has 0 aromatic heterocycles. The molecule has 0 heterocycles. The molecule has 2 N–H and O–H groups in total. The Morgan fingerprint density at radius 2 is 2.05 bits per heavy atom. The summed E-state index contributed by atoms with van der Waals surface area (Å²) in [4.78, 5) is 0. The molecular formula is C17H26FNO. The maximum absolute atomic E-state index is 13.9. The van der Waals surface area contributed by atoms with Gasteiger partial charge in [0.25, 0.3) is 0 Å². The molecule has 3 atom stereocenters. The molecule has 1 aliphatic rings. The van der Waals surface area contributed by atoms with Crippen LogP contribution in [0.5, 0.6) is 0 Å². The number of aliphatic hydroxyl groups excluding tert-OH is 1. The van der Waals surface area contributed by atoms with Crippen LogP contribution in [0.25, 0.3) is 0 Å². The lowest BCUT2D eigenvalue weighted by atomic mass is 9.65. The van der Waals surface area contributed by atoms with Crippen molar-refractivity contribution in [3.8, 4) is 0 Å². The third-order valence-electron chi connectivity index (χ3n) is 4.74. The van der Waals surface area contributed by atoms with Gasteiger partial charge in [0.15, 0.2) is 0 Å². The van der Waals surface area contributed by atoms with Crippen LogP contribution in [0.2, 0.25) is 0 Å². The zero-order valence-corrected chi connectivity index (χ0v) is 12.7. The maximum Gasteiger partial charge on any atom is 0.146 e. The highest BCUT2D eigenvalue weighted by Crippen LogP contribution is 2.43. The van der Waals surface area contributed by atoms with Gasteiger partial charge in [0, 0.05) is 0 Å². The first-order chi connectivity index (χ1) is 9.48. The summed E-state index contributed by atoms with van der Waals surface area (Å²) in [5.74, 6) is 1.13. The van der Waals surface area contributed by atoms with E-state index in [1.54, 1.807) is 12.1 Å². The highest BCUT2D eigenvalue weighted by Gasteiger charge is 2.44. The molecule has 0 radical (unpaired) electrons. The third kappa shape index (κ3) is 2.98. The molecule has 112 valence electrons. The van der Waals surface area contributed by atoms with Crippen molar-refractivity contribution in [2.45, 2.75) is 45.6 Å². The minimum absolute atomic E-state index is 0.0501. The van der Waals surface area contributed by atoms with E-state index in [2.05, 4.69) is 26.1 Å². The molecule has 1 fully saturated rings. The molecule has 0 bridgehead atoms. The van der Waals surface area contributed by atoms with Gasteiger partial charge < -0.3 is 10.4 Å². The molecule has 1 aliphatic carbocycles. The summed E-state index contributed by atoms with van der Waals surface area (Å²) >= 11 is 0. The quantitative estimate of drug-likeness (QED) is 0.871. The van der Waals surface area contributed by atoms with Gasteiger partial charge in [0.1, 0.15) is 5.82 Å². The van der Waals surface area contributed by atoms with E-state index >= 15 is 0 Å². The second-order valence-corrected chi connectivity index (χ2v) is 6.66. The van der Waals surface area contributed by atoms with Gasteiger partial charge in [0.2, 0.25) is 0 Å². The van der Waals surface area contributed by atoms with Crippen molar-refractivity contribution in [3.63, 3.8) is 0 Å². The number of hydrogen-bond acceptors (Lipinski definition) is 2. The molecule has 0 aliphatic heterocycles. The van der Waals surface area contributed by atoms with Gasteiger partial charge >= 0.3 is 0 Å². The Hall–Kier alpha value is -1.09. The number of benzene rings is 1. The summed E-state index contributed by atoms with van der Waals surface area (Å²) < 4.78 is 13.9. The van der Waals surface area contributed by atoms with Gasteiger partial charge in [-0.1, -0.05) is 39.3 Å². The van der Waals surface area contributed by atoms with Crippen molar-refractivity contribution in [3.05, 3.63) is 30.1 Å². The van der Waals surface area contributed by atoms with E-state index in [-0.39, 0.29) is 12.4 Å². The van der Waals surface area contributed by atoms with Crippen molar-refractivity contribution in [2.75, 3.05) is 11.9 Å². The van der Waals surface area contributed by atoms with E-state index < -0.39 is 5.54 Å². The number of rotatable bonds is 4. The van der Waals surface area contributed by atoms with Gasteiger partial charge in [-0.2, -0.15) is 0 Å². The average molecular weight is 279 g/mol. The Kier molecular flexibility index (Phi) is 4.69. The van der Waals surface area contributed by atoms with Crippen LogP contribution in [0.4, 0.5) is 10.1 Å². The van der Waals surface area contributed by atoms with E-state index in [4.69, 9.17) is 0 Å². The summed E-state index contributed by atoms with van der Waals surface area (Å²) in [5.41, 5.74) is 0.0925. The summed E-state index contributed by atoms with van der Waals surface area (Å²) in [7, 11) is 0. The fraction of sp³-hybridized carbons (Fsp3) is 0.647. The first kappa shape index (κ1) is 15.3. The molecule has 3 heteroatoms. The maximum atomic E-state index is 13.9. The fourth-order valence-electron chi connectivity index (χ4n) is 3.78. The van der Waals surface area contributed by atoms with Crippen LogP contribution in [0.15, 0.2) is 24.3 Å². The molecule has 1 aromatic carbocycles. The summed E-state index contributed by atoms with van der Waals surface area (Å²) in [6.07, 6.45) is 3.16. The first-order valence-corrected chi connectivity index (χ1v) is 7.62. The van der Waals surface area contributed by atoms with Crippen LogP contribution in [-0.2, 0) is 0 Å². The van der Waals surface area contributed by atoms with Crippen molar-refractivity contribution < 1.29 is 9.50 Å². The topological polar surface area (TPSA) is 32.3 Å². The Morgan fingerprint density at radius 3 is 2.65 bits per heavy atom. The molecule has 3 unspecified atom stereocenters. The van der Waals surface area contributed by atoms with Crippen LogP contribution in [0, 0.1) is 23.6 Å². The minimum atomic E-state index is -0.409. The van der Waals surface area contributed by atoms with Crippen LogP contribution in [0.3, 0.4) is 0 Å². The number of anilines is 1. The standard InChI is InChI=1S/C17H26FNO/c1-12(2)14-9-8-13(3)10-17(14,11-20)19-16-7-5-4-6-15(16)18/h4-7,12-14,19-20H,8-11H2,1-3H3. The van der Waals surface area contributed by atoms with Gasteiger partial charge in [-0.05, 0) is 42.7 Å². The lowest BCUT2D eigenvalue weighted by Gasteiger charge is -2.48. The van der Waals surface area contributed by atoms with E-state index in [0.29, 0.717) is 23.4 Å². The van der Waals surface area contributed by atoms with Crippen LogP contribution < -0.4 is 5.32 Å². The number of nitrogens with one attached hydrogen (secondary N) is 1. The van der Waals surface area contributed by atoms with Gasteiger partial charge in [0.05, 0.1) is 17.8 Å². The molecule has 2 nitrogen and oxygen atoms in total. The second kappa shape index (κ2) is 6.13. The highest BCUT2D eigenvalue weighted by molar-refractivity contribution is 5.47. The molecule has 0 saturated heterocycles. The van der Waals surface area contributed by atoms with Gasteiger partial charge in [-0.25, -0.2) is 4.39 Å². The summed E-state index contributed by atoms with van der Waals surface area (Å²) in [5, 5.41) is 13.4. The van der Waals surface area contributed by atoms with E-state index in [1.165, 1.54) is 12.5 Å². The van der Waals surface area contributed by atoms with Gasteiger partial charge in [-0.3, -0.25) is 0 Å². The monoisotopic (exact) mass is 279 g/mol. The van der Waals surface area contributed by atoms with Crippen molar-refractivity contribution in [1.29, 1.82) is 0 Å². The van der Waals surface area contributed by atoms with Gasteiger partial charge in [-0.15, -0.1) is 0 Å². The number of para-hydroxylation sites is 1. The molecule has 0 amide bonds. The lowest BCUT2D eigenvalue weighted by molar-refractivity contribution is 0.0682. The molecular weight excluding hydrogens is 253 g/mol. The summed E-state index contributed by atoms with van der Waals surface area (Å²) in [6.45, 7) is 6.64. The predicted molar refractivity (Wildman–Crippen MR) is 81.2 cm³/mol. The van der Waals surface area contributed by atoms with Crippen molar-refractivity contribution in [2.24, 2.45) is 17.8 Å². The summed E-state index contributed by atoms with van der Waals surface area (Å²) in [6, 6.07) is 6.73. The molecule has 20 heavy (non-hydrogen) atoms. The normalized spacial score (nSPS) is 30.5. The van der Waals surface area contributed by atoms with Crippen LogP contribution >= 0.6 is 0 Å². The number of halogens is 1. The van der Waals surface area contributed by atoms with Crippen molar-refractivity contribution >= 4 is 5.69 Å². The minimum Gasteiger partial charge on any atom is -0.394 e. The Balaban J connectivity index is 2.32. The second-order valence-electron chi connectivity index (χ2n) is 6.66. The third-order valence-corrected chi connectivity index (χ3v) is 4.74. The Morgan fingerprint density at radius 1 is 1.35 bits per heavy atom. The SMILES string of the molecule is CC1CCC(C(C)C)C(CO)(Nc2ccccc2F)C1. The number of hydrogen-bond donors (Lipinski definition) is 2. The lowest BCUT2D eigenvalue weighted by Crippen LogP contribution is -2.54. The Bertz CT molecular complexity index is 448. The Labute approximate surface area is 121 Å². The first-order valence-electron chi connectivity index (χ1n) is 7.62. The zero-order chi connectivity index (χ0) is 14.8. The fourth-order valence-corrected chi connectivity index (χ4v) is 3.78. The average Bonchev–Trinajstić information content (AvgIpc) is 2.41. The molecule has 1 aromatic rings. The largest absolute Gasteiger partial charge is 0.394 e. The number of aliphatic hydroxyl groups is 1. The van der Waals surface area contributed by atoms with E-state index in [0.717, 1.165) is 12.8 Å². The highest BCUT2D eigenvalue weighted by atomic mass is 19.1. The molecule has 2 rings (SSSR count). The molecule has 0 spiro atoms. The van der Waals surface area contributed by atoms with Crippen molar-refractivity contribution in [1.82, 2.24) is 0 Å². The van der Waals surface area contributed by atoms with Crippen LogP contribution in [0.1, 0.15) is 40.0 Å². The van der Waals surface area contributed by atoms with Crippen LogP contribution in [-0.4, -0.2) is 17.3 Å². The van der Waals surface area contributed by atoms with E-state index in [9.17, 15) is 9.50 Å². The smallest absolute Gasteiger partial charge is 0.146 e.